The van der Waals surface area contributed by atoms with Crippen LogP contribution in [0.3, 0.4) is 0 Å². The molecule has 3 aromatic rings. The highest BCUT2D eigenvalue weighted by Gasteiger charge is 2.44. The Hall–Kier alpha value is -2.75. The zero-order valence-corrected chi connectivity index (χ0v) is 21.2. The SMILES string of the molecule is CCC1(NS(=O)(=O)c2cc(N3CCO[C@@H](C(=O)NC)C3)c3cnc(-c4nnc(C(F)F)s4)n3c2)CC1. The van der Waals surface area contributed by atoms with Crippen molar-refractivity contribution in [1.29, 1.82) is 0 Å². The van der Waals surface area contributed by atoms with E-state index in [0.29, 0.717) is 35.5 Å². The highest BCUT2D eigenvalue weighted by atomic mass is 32.2. The first-order valence-electron chi connectivity index (χ1n) is 11.4. The van der Waals surface area contributed by atoms with E-state index >= 15 is 0 Å². The number of aromatic nitrogens is 4. The lowest BCUT2D eigenvalue weighted by Gasteiger charge is -2.34. The number of morpholine rings is 1. The lowest BCUT2D eigenvalue weighted by atomic mass is 10.2. The van der Waals surface area contributed by atoms with Crippen LogP contribution in [0, 0.1) is 0 Å². The summed E-state index contributed by atoms with van der Waals surface area (Å²) in [6, 6.07) is 1.55. The predicted octanol–water partition coefficient (Wildman–Crippen LogP) is 1.96. The van der Waals surface area contributed by atoms with Crippen molar-refractivity contribution in [1.82, 2.24) is 29.6 Å². The number of sulfonamides is 1. The molecule has 3 aromatic heterocycles. The van der Waals surface area contributed by atoms with E-state index in [9.17, 15) is 22.0 Å². The minimum Gasteiger partial charge on any atom is -0.365 e. The summed E-state index contributed by atoms with van der Waals surface area (Å²) >= 11 is 0.692. The van der Waals surface area contributed by atoms with Crippen LogP contribution in [0.15, 0.2) is 23.4 Å². The summed E-state index contributed by atoms with van der Waals surface area (Å²) in [5.41, 5.74) is 0.598. The largest absolute Gasteiger partial charge is 0.365 e. The lowest BCUT2D eigenvalue weighted by molar-refractivity contribution is -0.132. The first-order valence-corrected chi connectivity index (χ1v) is 13.7. The Morgan fingerprint density at radius 2 is 2.14 bits per heavy atom. The number of nitrogens with zero attached hydrogens (tertiary/aromatic N) is 5. The second-order valence-electron chi connectivity index (χ2n) is 8.80. The molecule has 4 heterocycles. The van der Waals surface area contributed by atoms with Crippen molar-refractivity contribution in [3.63, 3.8) is 0 Å². The second-order valence-corrected chi connectivity index (χ2v) is 11.5. The predicted molar refractivity (Wildman–Crippen MR) is 128 cm³/mol. The molecular weight excluding hydrogens is 516 g/mol. The Bertz CT molecular complexity index is 1400. The summed E-state index contributed by atoms with van der Waals surface area (Å²) in [5, 5.41) is 9.63. The van der Waals surface area contributed by atoms with Crippen LogP contribution in [0.5, 0.6) is 0 Å². The number of imidazole rings is 1. The van der Waals surface area contributed by atoms with Gasteiger partial charge in [0, 0.05) is 25.3 Å². The van der Waals surface area contributed by atoms with E-state index in [1.165, 1.54) is 23.8 Å². The van der Waals surface area contributed by atoms with E-state index in [1.54, 1.807) is 6.07 Å². The van der Waals surface area contributed by atoms with Crippen LogP contribution in [0.2, 0.25) is 0 Å². The maximum absolute atomic E-state index is 13.4. The molecule has 194 valence electrons. The number of ether oxygens (including phenoxy) is 1. The highest BCUT2D eigenvalue weighted by Crippen LogP contribution is 2.40. The number of anilines is 1. The normalized spacial score (nSPS) is 19.7. The van der Waals surface area contributed by atoms with E-state index in [4.69, 9.17) is 4.74 Å². The number of carbonyl (C=O) groups is 1. The number of hydrogen-bond donors (Lipinski definition) is 2. The van der Waals surface area contributed by atoms with Gasteiger partial charge in [0.05, 0.1) is 30.6 Å². The average Bonchev–Trinajstić information content (AvgIpc) is 3.26. The van der Waals surface area contributed by atoms with Gasteiger partial charge in [-0.25, -0.2) is 26.9 Å². The van der Waals surface area contributed by atoms with Crippen molar-refractivity contribution in [3.05, 3.63) is 23.5 Å². The molecule has 0 spiro atoms. The Kier molecular flexibility index (Phi) is 6.43. The van der Waals surface area contributed by atoms with Crippen molar-refractivity contribution < 1.29 is 26.7 Å². The molecule has 2 fully saturated rings. The van der Waals surface area contributed by atoms with E-state index in [-0.39, 0.29) is 34.8 Å². The highest BCUT2D eigenvalue weighted by molar-refractivity contribution is 7.89. The number of hydrogen-bond acceptors (Lipinski definition) is 9. The molecule has 2 aliphatic rings. The third kappa shape index (κ3) is 4.55. The number of rotatable bonds is 8. The minimum atomic E-state index is -3.93. The molecule has 1 aliphatic heterocycles. The second kappa shape index (κ2) is 9.28. The van der Waals surface area contributed by atoms with Gasteiger partial charge in [-0.05, 0) is 25.3 Å². The molecule has 1 saturated carbocycles. The molecule has 1 aliphatic carbocycles. The van der Waals surface area contributed by atoms with Crippen LogP contribution in [0.4, 0.5) is 14.5 Å². The molecule has 36 heavy (non-hydrogen) atoms. The van der Waals surface area contributed by atoms with Gasteiger partial charge >= 0.3 is 0 Å². The molecule has 15 heteroatoms. The molecule has 1 saturated heterocycles. The third-order valence-electron chi connectivity index (χ3n) is 6.55. The van der Waals surface area contributed by atoms with Gasteiger partial charge in [0.2, 0.25) is 10.0 Å². The van der Waals surface area contributed by atoms with Gasteiger partial charge < -0.3 is 15.0 Å². The molecule has 5 rings (SSSR count). The quantitative estimate of drug-likeness (QED) is 0.443. The van der Waals surface area contributed by atoms with Crippen LogP contribution >= 0.6 is 11.3 Å². The maximum Gasteiger partial charge on any atom is 0.291 e. The topological polar surface area (TPSA) is 131 Å². The van der Waals surface area contributed by atoms with Crippen molar-refractivity contribution in [2.75, 3.05) is 31.6 Å². The zero-order chi connectivity index (χ0) is 25.7. The van der Waals surface area contributed by atoms with Gasteiger partial charge in [0.25, 0.3) is 12.3 Å². The van der Waals surface area contributed by atoms with Crippen molar-refractivity contribution in [3.8, 4) is 10.8 Å². The smallest absolute Gasteiger partial charge is 0.291 e. The maximum atomic E-state index is 13.4. The fourth-order valence-corrected chi connectivity index (χ4v) is 6.48. The summed E-state index contributed by atoms with van der Waals surface area (Å²) in [6.45, 7) is 2.79. The Morgan fingerprint density at radius 3 is 2.78 bits per heavy atom. The lowest BCUT2D eigenvalue weighted by Crippen LogP contribution is -2.49. The fraction of sp³-hybridized carbons (Fsp3) is 0.524. The van der Waals surface area contributed by atoms with E-state index in [1.807, 2.05) is 11.8 Å². The molecule has 1 amide bonds. The average molecular weight is 542 g/mol. The van der Waals surface area contributed by atoms with E-state index in [2.05, 4.69) is 25.2 Å². The summed E-state index contributed by atoms with van der Waals surface area (Å²) in [7, 11) is -2.41. The number of fused-ring (bicyclic) bond motifs is 1. The van der Waals surface area contributed by atoms with Crippen molar-refractivity contribution in [2.45, 2.75) is 49.2 Å². The number of pyridine rings is 1. The molecule has 0 unspecified atom stereocenters. The summed E-state index contributed by atoms with van der Waals surface area (Å²) in [6.07, 6.45) is 1.59. The van der Waals surface area contributed by atoms with Crippen LogP contribution in [-0.2, 0) is 19.6 Å². The van der Waals surface area contributed by atoms with E-state index in [0.717, 1.165) is 12.8 Å². The van der Waals surface area contributed by atoms with Gasteiger partial charge in [-0.15, -0.1) is 10.2 Å². The molecule has 2 N–H and O–H groups in total. The van der Waals surface area contributed by atoms with Gasteiger partial charge in [-0.1, -0.05) is 18.3 Å². The number of amides is 1. The number of carbonyl (C=O) groups excluding carboxylic acids is 1. The van der Waals surface area contributed by atoms with Crippen LogP contribution in [0.25, 0.3) is 16.3 Å². The first-order chi connectivity index (χ1) is 17.2. The molecule has 0 radical (unpaired) electrons. The number of likely N-dealkylation sites (N-methyl/N-ethyl adjacent to an activating group) is 1. The molecular formula is C21H25F2N7O4S2. The summed E-state index contributed by atoms with van der Waals surface area (Å²) < 4.78 is 63.1. The Balaban J connectivity index is 1.63. The monoisotopic (exact) mass is 541 g/mol. The van der Waals surface area contributed by atoms with Crippen LogP contribution < -0.4 is 14.9 Å². The number of alkyl halides is 2. The number of nitrogens with one attached hydrogen (secondary N) is 2. The molecule has 1 atom stereocenters. The van der Waals surface area contributed by atoms with Gasteiger partial charge in [-0.3, -0.25) is 9.20 Å². The van der Waals surface area contributed by atoms with Gasteiger partial charge in [-0.2, -0.15) is 0 Å². The van der Waals surface area contributed by atoms with Crippen molar-refractivity contribution >= 4 is 38.5 Å². The minimum absolute atomic E-state index is 0.00874. The van der Waals surface area contributed by atoms with Gasteiger partial charge in [0.1, 0.15) is 4.90 Å². The Labute approximate surface area is 209 Å². The third-order valence-corrected chi connectivity index (χ3v) is 9.02. The Morgan fingerprint density at radius 1 is 1.36 bits per heavy atom. The summed E-state index contributed by atoms with van der Waals surface area (Å²) in [5.74, 6) is -0.0946. The molecule has 0 aromatic carbocycles. The summed E-state index contributed by atoms with van der Waals surface area (Å²) in [4.78, 5) is 18.4. The van der Waals surface area contributed by atoms with Gasteiger partial charge in [0.15, 0.2) is 21.9 Å². The van der Waals surface area contributed by atoms with E-state index < -0.39 is 33.1 Å². The number of halogens is 2. The van der Waals surface area contributed by atoms with Crippen molar-refractivity contribution in [2.24, 2.45) is 0 Å². The standard InChI is InChI=1S/C21H25F2N7O4S2/c1-3-21(4-5-21)28-36(32,33)12-8-13(29-6-7-34-15(11-29)18(31)24-2)14-9-25-17(30(14)10-12)20-27-26-19(35-20)16(22)23/h8-10,15-16,28H,3-7,11H2,1-2H3,(H,24,31)/t15-/m1/s1. The molecule has 11 nitrogen and oxygen atoms in total. The van der Waals surface area contributed by atoms with Crippen LogP contribution in [0.1, 0.15) is 37.6 Å². The van der Waals surface area contributed by atoms with Crippen LogP contribution in [-0.4, -0.2) is 72.3 Å². The zero-order valence-electron chi connectivity index (χ0n) is 19.6. The first kappa shape index (κ1) is 24.9. The fourth-order valence-electron chi connectivity index (χ4n) is 4.24. The molecule has 0 bridgehead atoms.